The molecule has 0 unspecified atom stereocenters. The molecule has 14 nitrogen and oxygen atoms in total. The third-order valence-electron chi connectivity index (χ3n) is 10.9. The van der Waals surface area contributed by atoms with Crippen LogP contribution in [-0.4, -0.2) is 107 Å². The van der Waals surface area contributed by atoms with Gasteiger partial charge in [0.1, 0.15) is 24.3 Å². The van der Waals surface area contributed by atoms with Crippen molar-refractivity contribution in [1.29, 1.82) is 0 Å². The predicted molar refractivity (Wildman–Crippen MR) is 233 cm³/mol. The zero-order valence-corrected chi connectivity index (χ0v) is 38.3. The Morgan fingerprint density at radius 2 is 1.00 bits per heavy atom. The second-order valence-electron chi connectivity index (χ2n) is 19.4. The van der Waals surface area contributed by atoms with E-state index in [0.29, 0.717) is 31.5 Å². The van der Waals surface area contributed by atoms with Crippen LogP contribution in [0.5, 0.6) is 0 Å². The van der Waals surface area contributed by atoms with Crippen LogP contribution < -0.4 is 21.3 Å². The van der Waals surface area contributed by atoms with E-state index in [2.05, 4.69) is 55.5 Å². The fourth-order valence-corrected chi connectivity index (χ4v) is 7.87. The van der Waals surface area contributed by atoms with Crippen molar-refractivity contribution in [3.63, 3.8) is 0 Å². The number of aliphatic carboxylic acids is 2. The van der Waals surface area contributed by atoms with Gasteiger partial charge in [0, 0.05) is 24.2 Å². The van der Waals surface area contributed by atoms with Crippen molar-refractivity contribution in [2.75, 3.05) is 6.61 Å². The number of carbonyl (C=O) groups excluding carboxylic acids is 2. The molecule has 59 heavy (non-hydrogen) atoms. The summed E-state index contributed by atoms with van der Waals surface area (Å²) >= 11 is 0. The third-order valence-corrected chi connectivity index (χ3v) is 10.9. The average Bonchev–Trinajstić information content (AvgIpc) is 3.75. The number of aliphatic hydroxyl groups is 1. The summed E-state index contributed by atoms with van der Waals surface area (Å²) in [5.74, 6) is -2.18. The number of alkyl carbamates (subject to hydrolysis) is 2. The summed E-state index contributed by atoms with van der Waals surface area (Å²) in [7, 11) is 0. The largest absolute Gasteiger partial charge is 0.480 e. The first-order chi connectivity index (χ1) is 27.5. The lowest BCUT2D eigenvalue weighted by molar-refractivity contribution is -0.143. The van der Waals surface area contributed by atoms with Gasteiger partial charge in [-0.3, -0.25) is 0 Å². The van der Waals surface area contributed by atoms with Gasteiger partial charge in [0.05, 0.1) is 18.8 Å². The molecule has 4 fully saturated rings. The van der Waals surface area contributed by atoms with E-state index in [-0.39, 0.29) is 12.2 Å². The van der Waals surface area contributed by atoms with Crippen LogP contribution in [-0.2, 0) is 23.8 Å². The van der Waals surface area contributed by atoms with E-state index in [1.165, 1.54) is 64.2 Å². The Morgan fingerprint density at radius 1 is 0.610 bits per heavy atom. The van der Waals surface area contributed by atoms with Crippen molar-refractivity contribution in [3.05, 3.63) is 12.7 Å². The van der Waals surface area contributed by atoms with E-state index in [0.717, 1.165) is 37.8 Å². The molecule has 0 spiro atoms. The highest BCUT2D eigenvalue weighted by Gasteiger charge is 2.37. The summed E-state index contributed by atoms with van der Waals surface area (Å²) in [6.45, 7) is 23.0. The van der Waals surface area contributed by atoms with Gasteiger partial charge in [0.15, 0.2) is 0 Å². The Bertz CT molecular complexity index is 1200. The molecule has 0 bridgehead atoms. The molecule has 0 radical (unpaired) electrons. The Hall–Kier alpha value is -2.94. The fraction of sp³-hybridized carbons (Fsp3) is 0.867. The monoisotopic (exact) mass is 841 g/mol. The Labute approximate surface area is 356 Å². The maximum absolute atomic E-state index is 11.9. The number of aliphatic hydroxyl groups excluding tert-OH is 1. The normalized spacial score (nSPS) is 23.5. The Morgan fingerprint density at radius 3 is 1.34 bits per heavy atom. The number of rotatable bonds is 13. The molecule has 0 heterocycles. The van der Waals surface area contributed by atoms with Gasteiger partial charge >= 0.3 is 24.1 Å². The minimum atomic E-state index is -1.11. The number of carboxylic acid groups (broad SMARTS) is 2. The molecule has 0 aromatic rings. The number of carboxylic acids is 2. The molecule has 0 saturated heterocycles. The molecule has 4 saturated carbocycles. The lowest BCUT2D eigenvalue weighted by atomic mass is 9.87. The summed E-state index contributed by atoms with van der Waals surface area (Å²) in [5.41, 5.74) is -1.21. The lowest BCUT2D eigenvalue weighted by Gasteiger charge is -2.30. The highest BCUT2D eigenvalue weighted by molar-refractivity contribution is 5.81. The van der Waals surface area contributed by atoms with Crippen LogP contribution in [0.15, 0.2) is 12.7 Å². The molecule has 6 atom stereocenters. The third kappa shape index (κ3) is 23.6. The van der Waals surface area contributed by atoms with Gasteiger partial charge in [0.2, 0.25) is 0 Å². The molecule has 0 aromatic heterocycles. The van der Waals surface area contributed by atoms with Gasteiger partial charge < -0.3 is 50.8 Å². The second kappa shape index (κ2) is 27.8. The van der Waals surface area contributed by atoms with Crippen molar-refractivity contribution in [3.8, 4) is 0 Å². The molecule has 7 N–H and O–H groups in total. The van der Waals surface area contributed by atoms with Crippen LogP contribution in [0.4, 0.5) is 9.59 Å². The first-order valence-electron chi connectivity index (χ1n) is 22.4. The number of nitrogens with one attached hydrogen (secondary N) is 4. The maximum atomic E-state index is 11.9. The highest BCUT2D eigenvalue weighted by Crippen LogP contribution is 2.27. The smallest absolute Gasteiger partial charge is 0.408 e. The van der Waals surface area contributed by atoms with Crippen LogP contribution in [0.1, 0.15) is 172 Å². The standard InChI is InChI=1S/C15H25NO5.C12H21NO5.C12H23N.C6H15N/c1-5-9-20-10-7-6-8-11(10)21-14(19)16-12(13(17)18)15(2,3)4;1-12(2,3)9(10(15)16)13-11(17)18-8-6-4-5-7(8)14;1-3-7-11(8-4-1)13-12-9-5-2-6-10-12;1-5(2)7-6(3)4/h5,10-12H,1,6-9H2,2-4H3,(H,16,19)(H,17,18);7-9,14H,4-6H2,1-3H3,(H,13,17)(H,15,16);11-13H,1-10H2;5-7H,1-4H3/t10-,11-,12-;7-,8-,9-;;/m11../s1. The summed E-state index contributed by atoms with van der Waals surface area (Å²) in [6.07, 6.45) is 17.6. The van der Waals surface area contributed by atoms with Gasteiger partial charge in [-0.1, -0.05) is 114 Å². The molecule has 4 aliphatic rings. The van der Waals surface area contributed by atoms with E-state index in [4.69, 9.17) is 19.3 Å². The molecule has 14 heteroatoms. The van der Waals surface area contributed by atoms with E-state index in [9.17, 15) is 29.4 Å². The maximum Gasteiger partial charge on any atom is 0.408 e. The average molecular weight is 841 g/mol. The Balaban J connectivity index is 0.000000416. The van der Waals surface area contributed by atoms with Crippen LogP contribution >= 0.6 is 0 Å². The molecule has 4 rings (SSSR count). The van der Waals surface area contributed by atoms with Gasteiger partial charge in [-0.15, -0.1) is 6.58 Å². The van der Waals surface area contributed by atoms with E-state index < -0.39 is 59.2 Å². The quantitative estimate of drug-likeness (QED) is 0.0880. The van der Waals surface area contributed by atoms with E-state index in [1.807, 2.05) is 0 Å². The zero-order valence-electron chi connectivity index (χ0n) is 38.3. The van der Waals surface area contributed by atoms with Crippen molar-refractivity contribution < 1.29 is 48.7 Å². The first kappa shape index (κ1) is 54.1. The van der Waals surface area contributed by atoms with Gasteiger partial charge in [-0.25, -0.2) is 19.2 Å². The SMILES string of the molecule is C1CCC(NC2CCCCC2)CC1.C=CCO[C@@H]1CCC[C@H]1OC(=O)N[C@H](C(=O)O)C(C)(C)C.CC(C)(C)[C@H](NC(=O)O[C@@H]1CCC[C@H]1O)C(=O)O.CC(C)NC(C)C. The number of hydrogen-bond acceptors (Lipinski definition) is 10. The van der Waals surface area contributed by atoms with Crippen LogP contribution in [0.2, 0.25) is 0 Å². The summed E-state index contributed by atoms with van der Waals surface area (Å²) < 4.78 is 15.9. The summed E-state index contributed by atoms with van der Waals surface area (Å²) in [5, 5.41) is 39.7. The molecule has 0 aliphatic heterocycles. The van der Waals surface area contributed by atoms with Gasteiger partial charge in [0.25, 0.3) is 0 Å². The number of ether oxygens (including phenoxy) is 3. The van der Waals surface area contributed by atoms with Gasteiger partial charge in [-0.05, 0) is 75.0 Å². The van der Waals surface area contributed by atoms with Crippen molar-refractivity contribution >= 4 is 24.1 Å². The van der Waals surface area contributed by atoms with Crippen molar-refractivity contribution in [2.24, 2.45) is 10.8 Å². The highest BCUT2D eigenvalue weighted by atomic mass is 16.6. The summed E-state index contributed by atoms with van der Waals surface area (Å²) in [6, 6.07) is 0.969. The zero-order chi connectivity index (χ0) is 44.8. The first-order valence-corrected chi connectivity index (χ1v) is 22.4. The van der Waals surface area contributed by atoms with E-state index >= 15 is 0 Å². The molecule has 2 amide bonds. The van der Waals surface area contributed by atoms with Crippen molar-refractivity contribution in [2.45, 2.75) is 233 Å². The molecule has 0 aromatic carbocycles. The fourth-order valence-electron chi connectivity index (χ4n) is 7.87. The molecule has 344 valence electrons. The number of amides is 2. The minimum absolute atomic E-state index is 0.147. The minimum Gasteiger partial charge on any atom is -0.480 e. The number of carbonyl (C=O) groups is 4. The lowest BCUT2D eigenvalue weighted by Crippen LogP contribution is -2.50. The Kier molecular flexibility index (Phi) is 25.5. The van der Waals surface area contributed by atoms with E-state index in [1.54, 1.807) is 47.6 Å². The van der Waals surface area contributed by atoms with Crippen LogP contribution in [0.3, 0.4) is 0 Å². The van der Waals surface area contributed by atoms with Crippen molar-refractivity contribution in [1.82, 2.24) is 21.3 Å². The molecular weight excluding hydrogens is 757 g/mol. The molecular formula is C45H84N4O10. The molecule has 4 aliphatic carbocycles. The van der Waals surface area contributed by atoms with Crippen LogP contribution in [0, 0.1) is 10.8 Å². The topological polar surface area (TPSA) is 205 Å². The summed E-state index contributed by atoms with van der Waals surface area (Å²) in [4.78, 5) is 45.8. The number of hydrogen-bond donors (Lipinski definition) is 7. The predicted octanol–water partition coefficient (Wildman–Crippen LogP) is 8.10. The van der Waals surface area contributed by atoms with Gasteiger partial charge in [-0.2, -0.15) is 0 Å². The van der Waals surface area contributed by atoms with Crippen LogP contribution in [0.25, 0.3) is 0 Å². The second-order valence-corrected chi connectivity index (χ2v) is 19.4.